The summed E-state index contributed by atoms with van der Waals surface area (Å²) in [4.78, 5) is 13.0. The average Bonchev–Trinajstić information content (AvgIpc) is 2.39. The van der Waals surface area contributed by atoms with E-state index < -0.39 is 0 Å². The number of carbonyl (C=O) groups excluding carboxylic acids is 1. The minimum atomic E-state index is 0.730. The maximum absolute atomic E-state index is 10.7. The molecule has 0 saturated heterocycles. The quantitative estimate of drug-likeness (QED) is 0.745. The number of anilines is 1. The van der Waals surface area contributed by atoms with E-state index in [-0.39, 0.29) is 0 Å². The minimum Gasteiger partial charge on any atom is -0.372 e. The summed E-state index contributed by atoms with van der Waals surface area (Å²) in [6, 6.07) is 12.2. The Morgan fingerprint density at radius 2 is 1.65 bits per heavy atom. The SMILES string of the molecule is CCN(CC)c1ccc2cc(C=O)ccc2c1. The molecule has 0 spiro atoms. The summed E-state index contributed by atoms with van der Waals surface area (Å²) in [6.45, 7) is 6.33. The Labute approximate surface area is 102 Å². The molecule has 0 amide bonds. The number of fused-ring (bicyclic) bond motifs is 1. The second kappa shape index (κ2) is 5.00. The second-order valence-electron chi connectivity index (χ2n) is 4.08. The first kappa shape index (κ1) is 11.6. The van der Waals surface area contributed by atoms with E-state index in [2.05, 4.69) is 36.9 Å². The van der Waals surface area contributed by atoms with Crippen LogP contribution in [0.2, 0.25) is 0 Å². The molecule has 0 aliphatic rings. The number of rotatable bonds is 4. The highest BCUT2D eigenvalue weighted by atomic mass is 16.1. The van der Waals surface area contributed by atoms with Crippen LogP contribution >= 0.6 is 0 Å². The van der Waals surface area contributed by atoms with Crippen molar-refractivity contribution in [2.75, 3.05) is 18.0 Å². The van der Waals surface area contributed by atoms with Gasteiger partial charge >= 0.3 is 0 Å². The fourth-order valence-corrected chi connectivity index (χ4v) is 2.11. The molecule has 2 aromatic rings. The maximum atomic E-state index is 10.7. The predicted octanol–water partition coefficient (Wildman–Crippen LogP) is 3.50. The molecule has 17 heavy (non-hydrogen) atoms. The van der Waals surface area contributed by atoms with Gasteiger partial charge in [-0.3, -0.25) is 4.79 Å². The van der Waals surface area contributed by atoms with Crippen LogP contribution in [0.3, 0.4) is 0 Å². The predicted molar refractivity (Wildman–Crippen MR) is 72.9 cm³/mol. The van der Waals surface area contributed by atoms with Gasteiger partial charge in [-0.15, -0.1) is 0 Å². The van der Waals surface area contributed by atoms with Gasteiger partial charge in [0.15, 0.2) is 0 Å². The minimum absolute atomic E-state index is 0.730. The van der Waals surface area contributed by atoms with Crippen LogP contribution in [0.4, 0.5) is 5.69 Å². The molecule has 0 fully saturated rings. The Hall–Kier alpha value is -1.83. The van der Waals surface area contributed by atoms with Crippen LogP contribution in [0.1, 0.15) is 24.2 Å². The molecular formula is C15H17NO. The molecule has 88 valence electrons. The van der Waals surface area contributed by atoms with E-state index in [0.29, 0.717) is 0 Å². The van der Waals surface area contributed by atoms with Crippen molar-refractivity contribution >= 4 is 22.7 Å². The molecule has 2 aromatic carbocycles. The molecule has 0 saturated carbocycles. The number of aldehydes is 1. The number of benzene rings is 2. The summed E-state index contributed by atoms with van der Waals surface area (Å²) < 4.78 is 0. The molecule has 2 nitrogen and oxygen atoms in total. The molecule has 0 unspecified atom stereocenters. The Morgan fingerprint density at radius 3 is 2.29 bits per heavy atom. The Bertz CT molecular complexity index is 529. The van der Waals surface area contributed by atoms with Gasteiger partial charge in [0.25, 0.3) is 0 Å². The number of hydrogen-bond donors (Lipinski definition) is 0. The molecular weight excluding hydrogens is 210 g/mol. The highest BCUT2D eigenvalue weighted by molar-refractivity contribution is 5.90. The van der Waals surface area contributed by atoms with Crippen molar-refractivity contribution in [1.29, 1.82) is 0 Å². The van der Waals surface area contributed by atoms with Crippen LogP contribution in [0.15, 0.2) is 36.4 Å². The van der Waals surface area contributed by atoms with Crippen molar-refractivity contribution in [2.24, 2.45) is 0 Å². The molecule has 0 heterocycles. The first-order valence-corrected chi connectivity index (χ1v) is 6.02. The van der Waals surface area contributed by atoms with Crippen molar-refractivity contribution in [1.82, 2.24) is 0 Å². The summed E-state index contributed by atoms with van der Waals surface area (Å²) >= 11 is 0. The highest BCUT2D eigenvalue weighted by Gasteiger charge is 2.03. The van der Waals surface area contributed by atoms with Crippen LogP contribution in [-0.4, -0.2) is 19.4 Å². The summed E-state index contributed by atoms with van der Waals surface area (Å²) in [5.41, 5.74) is 1.97. The Kier molecular flexibility index (Phi) is 3.43. The van der Waals surface area contributed by atoms with E-state index >= 15 is 0 Å². The maximum Gasteiger partial charge on any atom is 0.150 e. The first-order valence-electron chi connectivity index (χ1n) is 6.02. The zero-order chi connectivity index (χ0) is 12.3. The van der Waals surface area contributed by atoms with Crippen molar-refractivity contribution < 1.29 is 4.79 Å². The number of carbonyl (C=O) groups is 1. The van der Waals surface area contributed by atoms with Gasteiger partial charge < -0.3 is 4.90 Å². The Morgan fingerprint density at radius 1 is 1.00 bits per heavy atom. The van der Waals surface area contributed by atoms with Crippen molar-refractivity contribution in [3.63, 3.8) is 0 Å². The fraction of sp³-hybridized carbons (Fsp3) is 0.267. The van der Waals surface area contributed by atoms with Crippen LogP contribution in [0.25, 0.3) is 10.8 Å². The largest absolute Gasteiger partial charge is 0.372 e. The highest BCUT2D eigenvalue weighted by Crippen LogP contribution is 2.22. The van der Waals surface area contributed by atoms with E-state index in [4.69, 9.17) is 0 Å². The lowest BCUT2D eigenvalue weighted by atomic mass is 10.1. The molecule has 0 aromatic heterocycles. The smallest absolute Gasteiger partial charge is 0.150 e. The van der Waals surface area contributed by atoms with Crippen LogP contribution < -0.4 is 4.90 Å². The van der Waals surface area contributed by atoms with Gasteiger partial charge in [-0.25, -0.2) is 0 Å². The third-order valence-corrected chi connectivity index (χ3v) is 3.11. The van der Waals surface area contributed by atoms with Gasteiger partial charge in [-0.05, 0) is 42.8 Å². The molecule has 2 heteroatoms. The topological polar surface area (TPSA) is 20.3 Å². The lowest BCUT2D eigenvalue weighted by molar-refractivity contribution is 0.112. The molecule has 0 atom stereocenters. The van der Waals surface area contributed by atoms with E-state index in [0.717, 1.165) is 30.3 Å². The molecule has 0 radical (unpaired) electrons. The second-order valence-corrected chi connectivity index (χ2v) is 4.08. The van der Waals surface area contributed by atoms with Crippen molar-refractivity contribution in [3.8, 4) is 0 Å². The van der Waals surface area contributed by atoms with E-state index in [1.807, 2.05) is 18.2 Å². The van der Waals surface area contributed by atoms with E-state index in [1.165, 1.54) is 11.1 Å². The number of hydrogen-bond acceptors (Lipinski definition) is 2. The normalized spacial score (nSPS) is 10.5. The van der Waals surface area contributed by atoms with Crippen LogP contribution in [-0.2, 0) is 0 Å². The molecule has 0 N–H and O–H groups in total. The third-order valence-electron chi connectivity index (χ3n) is 3.11. The summed E-state index contributed by atoms with van der Waals surface area (Å²) in [5.74, 6) is 0. The van der Waals surface area contributed by atoms with Gasteiger partial charge in [0.1, 0.15) is 6.29 Å². The van der Waals surface area contributed by atoms with Gasteiger partial charge in [0.05, 0.1) is 0 Å². The van der Waals surface area contributed by atoms with Gasteiger partial charge in [0.2, 0.25) is 0 Å². The lowest BCUT2D eigenvalue weighted by Crippen LogP contribution is -2.21. The van der Waals surface area contributed by atoms with Gasteiger partial charge in [-0.1, -0.05) is 18.2 Å². The zero-order valence-electron chi connectivity index (χ0n) is 10.3. The average molecular weight is 227 g/mol. The fourth-order valence-electron chi connectivity index (χ4n) is 2.11. The van der Waals surface area contributed by atoms with Crippen molar-refractivity contribution in [2.45, 2.75) is 13.8 Å². The van der Waals surface area contributed by atoms with E-state index in [9.17, 15) is 4.79 Å². The van der Waals surface area contributed by atoms with Gasteiger partial charge in [0, 0.05) is 24.3 Å². The summed E-state index contributed by atoms with van der Waals surface area (Å²) in [5, 5.41) is 2.30. The first-order chi connectivity index (χ1) is 8.28. The zero-order valence-corrected chi connectivity index (χ0v) is 10.3. The number of nitrogens with zero attached hydrogens (tertiary/aromatic N) is 1. The monoisotopic (exact) mass is 227 g/mol. The summed E-state index contributed by atoms with van der Waals surface area (Å²) in [6.07, 6.45) is 0.887. The van der Waals surface area contributed by atoms with Crippen LogP contribution in [0, 0.1) is 0 Å². The standard InChI is InChI=1S/C15H17NO/c1-3-16(4-2)15-8-7-13-9-12(11-17)5-6-14(13)10-15/h5-11H,3-4H2,1-2H3. The third kappa shape index (κ3) is 2.31. The van der Waals surface area contributed by atoms with Gasteiger partial charge in [-0.2, -0.15) is 0 Å². The van der Waals surface area contributed by atoms with Crippen LogP contribution in [0.5, 0.6) is 0 Å². The molecule has 0 aliphatic carbocycles. The molecule has 0 aliphatic heterocycles. The molecule has 2 rings (SSSR count). The van der Waals surface area contributed by atoms with E-state index in [1.54, 1.807) is 0 Å². The van der Waals surface area contributed by atoms with Crippen molar-refractivity contribution in [3.05, 3.63) is 42.0 Å². The Balaban J connectivity index is 2.47. The molecule has 0 bridgehead atoms. The summed E-state index contributed by atoms with van der Waals surface area (Å²) in [7, 11) is 0. The lowest BCUT2D eigenvalue weighted by Gasteiger charge is -2.21.